The molecule has 0 fully saturated rings. The number of nitro benzene ring substituents is 1. The van der Waals surface area contributed by atoms with Crippen molar-refractivity contribution in [3.8, 4) is 11.5 Å². The molecule has 2 aromatic carbocycles. The molecule has 8 nitrogen and oxygen atoms in total. The molecule has 0 unspecified atom stereocenters. The normalized spacial score (nSPS) is 14.3. The standard InChI is InChI=1S/C22H19ClN2O6/c1-12(2)11-30-20-16(23)8-14(10-19(20)29-4)9-17-22(26)31-21(24-17)15-5-6-18(25(27)28)13(3)7-15/h5-10H,1,11H2,2-4H3/b17-9-. The summed E-state index contributed by atoms with van der Waals surface area (Å²) in [7, 11) is 1.48. The molecule has 3 rings (SSSR count). The van der Waals surface area contributed by atoms with Gasteiger partial charge < -0.3 is 14.2 Å². The lowest BCUT2D eigenvalue weighted by atomic mass is 10.1. The van der Waals surface area contributed by atoms with Gasteiger partial charge in [-0.1, -0.05) is 18.2 Å². The van der Waals surface area contributed by atoms with Crippen molar-refractivity contribution in [2.45, 2.75) is 13.8 Å². The van der Waals surface area contributed by atoms with Crippen LogP contribution in [0.25, 0.3) is 6.08 Å². The summed E-state index contributed by atoms with van der Waals surface area (Å²) in [4.78, 5) is 27.0. The average Bonchev–Trinajstić information content (AvgIpc) is 3.06. The summed E-state index contributed by atoms with van der Waals surface area (Å²) in [5.41, 5.74) is 2.29. The monoisotopic (exact) mass is 442 g/mol. The number of aryl methyl sites for hydroxylation is 1. The Bertz CT molecular complexity index is 1150. The first-order valence-corrected chi connectivity index (χ1v) is 9.50. The topological polar surface area (TPSA) is 100 Å². The minimum absolute atomic E-state index is 0.0277. The molecule has 0 N–H and O–H groups in total. The zero-order chi connectivity index (χ0) is 22.7. The van der Waals surface area contributed by atoms with Crippen LogP contribution in [0.3, 0.4) is 0 Å². The minimum atomic E-state index is -0.649. The van der Waals surface area contributed by atoms with Crippen LogP contribution in [-0.2, 0) is 9.53 Å². The highest BCUT2D eigenvalue weighted by Gasteiger charge is 2.25. The van der Waals surface area contributed by atoms with Crippen molar-refractivity contribution in [1.29, 1.82) is 0 Å². The Labute approximate surface area is 183 Å². The number of carbonyl (C=O) groups excluding carboxylic acids is 1. The number of rotatable bonds is 7. The number of esters is 1. The highest BCUT2D eigenvalue weighted by molar-refractivity contribution is 6.32. The molecule has 0 radical (unpaired) electrons. The summed E-state index contributed by atoms with van der Waals surface area (Å²) in [5, 5.41) is 11.3. The van der Waals surface area contributed by atoms with Gasteiger partial charge in [0.1, 0.15) is 6.61 Å². The maximum Gasteiger partial charge on any atom is 0.363 e. The van der Waals surface area contributed by atoms with Crippen LogP contribution in [0, 0.1) is 17.0 Å². The molecule has 0 saturated carbocycles. The molecule has 9 heteroatoms. The second-order valence-corrected chi connectivity index (χ2v) is 7.28. The van der Waals surface area contributed by atoms with E-state index in [1.54, 1.807) is 25.1 Å². The number of halogens is 1. The Hall–Kier alpha value is -3.65. The Morgan fingerprint density at radius 2 is 2.10 bits per heavy atom. The number of aliphatic imine (C=N–C) groups is 1. The van der Waals surface area contributed by atoms with Gasteiger partial charge in [-0.2, -0.15) is 0 Å². The molecule has 0 saturated heterocycles. The van der Waals surface area contributed by atoms with Gasteiger partial charge in [0.05, 0.1) is 17.1 Å². The molecular formula is C22H19ClN2O6. The van der Waals surface area contributed by atoms with Crippen molar-refractivity contribution >= 4 is 35.2 Å². The van der Waals surface area contributed by atoms with Gasteiger partial charge in [-0.25, -0.2) is 9.79 Å². The van der Waals surface area contributed by atoms with Crippen molar-refractivity contribution in [3.05, 3.63) is 80.0 Å². The van der Waals surface area contributed by atoms with Crippen molar-refractivity contribution in [2.75, 3.05) is 13.7 Å². The highest BCUT2D eigenvalue weighted by atomic mass is 35.5. The number of hydrogen-bond acceptors (Lipinski definition) is 7. The van der Waals surface area contributed by atoms with Gasteiger partial charge in [0.2, 0.25) is 5.90 Å². The molecule has 0 spiro atoms. The smallest absolute Gasteiger partial charge is 0.363 e. The predicted molar refractivity (Wildman–Crippen MR) is 117 cm³/mol. The Morgan fingerprint density at radius 1 is 1.35 bits per heavy atom. The van der Waals surface area contributed by atoms with Crippen LogP contribution in [0.4, 0.5) is 5.69 Å². The average molecular weight is 443 g/mol. The van der Waals surface area contributed by atoms with E-state index >= 15 is 0 Å². The fourth-order valence-corrected chi connectivity index (χ4v) is 3.12. The Morgan fingerprint density at radius 3 is 2.71 bits per heavy atom. The fraction of sp³-hybridized carbons (Fsp3) is 0.182. The van der Waals surface area contributed by atoms with Gasteiger partial charge in [-0.3, -0.25) is 10.1 Å². The summed E-state index contributed by atoms with van der Waals surface area (Å²) < 4.78 is 16.2. The van der Waals surface area contributed by atoms with E-state index in [0.29, 0.717) is 33.2 Å². The highest BCUT2D eigenvalue weighted by Crippen LogP contribution is 2.37. The van der Waals surface area contributed by atoms with E-state index in [4.69, 9.17) is 25.8 Å². The van der Waals surface area contributed by atoms with Crippen molar-refractivity contribution in [3.63, 3.8) is 0 Å². The van der Waals surface area contributed by atoms with Gasteiger partial charge >= 0.3 is 5.97 Å². The molecule has 160 valence electrons. The summed E-state index contributed by atoms with van der Waals surface area (Å²) in [6.07, 6.45) is 1.50. The first kappa shape index (κ1) is 22.0. The van der Waals surface area contributed by atoms with Gasteiger partial charge in [0.25, 0.3) is 5.69 Å². The Balaban J connectivity index is 1.93. The second-order valence-electron chi connectivity index (χ2n) is 6.87. The number of cyclic esters (lactones) is 1. The number of nitrogens with zero attached hydrogens (tertiary/aromatic N) is 2. The molecule has 0 amide bonds. The van der Waals surface area contributed by atoms with Crippen LogP contribution in [-0.4, -0.2) is 30.5 Å². The van der Waals surface area contributed by atoms with Crippen LogP contribution in [0.1, 0.15) is 23.6 Å². The van der Waals surface area contributed by atoms with Crippen LogP contribution in [0.5, 0.6) is 11.5 Å². The molecule has 0 atom stereocenters. The Kier molecular flexibility index (Phi) is 6.41. The van der Waals surface area contributed by atoms with Crippen LogP contribution >= 0.6 is 11.6 Å². The molecule has 0 aliphatic carbocycles. The van der Waals surface area contributed by atoms with Crippen LogP contribution in [0.15, 0.2) is 53.2 Å². The third-order valence-electron chi connectivity index (χ3n) is 4.28. The maximum atomic E-state index is 12.3. The van der Waals surface area contributed by atoms with Crippen LogP contribution in [0.2, 0.25) is 5.02 Å². The first-order valence-electron chi connectivity index (χ1n) is 9.12. The zero-order valence-corrected chi connectivity index (χ0v) is 17.9. The molecule has 1 aliphatic heterocycles. The third-order valence-corrected chi connectivity index (χ3v) is 4.56. The zero-order valence-electron chi connectivity index (χ0n) is 17.1. The van der Waals surface area contributed by atoms with E-state index in [-0.39, 0.29) is 23.9 Å². The maximum absolute atomic E-state index is 12.3. The molecule has 2 aromatic rings. The molecule has 0 aromatic heterocycles. The number of hydrogen-bond donors (Lipinski definition) is 0. The van der Waals surface area contributed by atoms with Crippen molar-refractivity contribution < 1.29 is 23.9 Å². The summed E-state index contributed by atoms with van der Waals surface area (Å²) >= 11 is 6.33. The lowest BCUT2D eigenvalue weighted by Crippen LogP contribution is -2.06. The quantitative estimate of drug-likeness (QED) is 0.199. The predicted octanol–water partition coefficient (Wildman–Crippen LogP) is 4.86. The number of methoxy groups -OCH3 is 1. The molecule has 0 bridgehead atoms. The van der Waals surface area contributed by atoms with Gasteiger partial charge in [0.15, 0.2) is 17.2 Å². The molecular weight excluding hydrogens is 424 g/mol. The number of benzene rings is 2. The first-order chi connectivity index (χ1) is 14.7. The van der Waals surface area contributed by atoms with Gasteiger partial charge in [0, 0.05) is 17.2 Å². The van der Waals surface area contributed by atoms with E-state index in [9.17, 15) is 14.9 Å². The van der Waals surface area contributed by atoms with Crippen molar-refractivity contribution in [2.24, 2.45) is 4.99 Å². The fourth-order valence-electron chi connectivity index (χ4n) is 2.84. The number of carbonyl (C=O) groups is 1. The number of nitro groups is 1. The summed E-state index contributed by atoms with van der Waals surface area (Å²) in [6, 6.07) is 7.64. The lowest BCUT2D eigenvalue weighted by Gasteiger charge is -2.13. The summed E-state index contributed by atoms with van der Waals surface area (Å²) in [6.45, 7) is 7.49. The van der Waals surface area contributed by atoms with Crippen molar-refractivity contribution in [1.82, 2.24) is 0 Å². The van der Waals surface area contributed by atoms with E-state index in [1.807, 2.05) is 6.92 Å². The van der Waals surface area contributed by atoms with Gasteiger partial charge in [-0.15, -0.1) is 0 Å². The SMILES string of the molecule is C=C(C)COc1c(Cl)cc(/C=C2\N=C(c3ccc([N+](=O)[O-])c(C)c3)OC2=O)cc1OC. The van der Waals surface area contributed by atoms with Gasteiger partial charge in [-0.05, 0) is 55.3 Å². The lowest BCUT2D eigenvalue weighted by molar-refractivity contribution is -0.385. The van der Waals surface area contributed by atoms with E-state index in [1.165, 1.54) is 25.3 Å². The number of ether oxygens (including phenoxy) is 3. The largest absolute Gasteiger partial charge is 0.493 e. The molecule has 1 heterocycles. The second kappa shape index (κ2) is 9.01. The summed E-state index contributed by atoms with van der Waals surface area (Å²) in [5.74, 6) is 0.174. The van der Waals surface area contributed by atoms with E-state index < -0.39 is 10.9 Å². The van der Waals surface area contributed by atoms with E-state index in [2.05, 4.69) is 11.6 Å². The van der Waals surface area contributed by atoms with E-state index in [0.717, 1.165) is 5.57 Å². The molecule has 1 aliphatic rings. The minimum Gasteiger partial charge on any atom is -0.493 e. The third kappa shape index (κ3) is 4.92. The van der Waals surface area contributed by atoms with Crippen LogP contribution < -0.4 is 9.47 Å². The molecule has 31 heavy (non-hydrogen) atoms.